The number of para-hydroxylation sites is 2. The lowest BCUT2D eigenvalue weighted by atomic mass is 10.0. The zero-order valence-electron chi connectivity index (χ0n) is 19.1. The molecule has 2 N–H and O–H groups in total. The van der Waals surface area contributed by atoms with Gasteiger partial charge in [0.2, 0.25) is 10.0 Å². The highest BCUT2D eigenvalue weighted by Crippen LogP contribution is 2.30. The van der Waals surface area contributed by atoms with Gasteiger partial charge in [-0.2, -0.15) is 0 Å². The van der Waals surface area contributed by atoms with Crippen LogP contribution in [0.1, 0.15) is 23.3 Å². The van der Waals surface area contributed by atoms with E-state index in [-0.39, 0.29) is 11.9 Å². The fraction of sp³-hybridized carbons (Fsp3) is 0.240. The highest BCUT2D eigenvalue weighted by Gasteiger charge is 2.24. The number of anilines is 2. The molecule has 0 bridgehead atoms. The Balaban J connectivity index is 1.29. The normalized spacial score (nSPS) is 14.8. The van der Waals surface area contributed by atoms with Crippen molar-refractivity contribution in [2.75, 3.05) is 29.6 Å². The number of benzene rings is 2. The van der Waals surface area contributed by atoms with Crippen LogP contribution in [0.15, 0.2) is 66.2 Å². The summed E-state index contributed by atoms with van der Waals surface area (Å²) in [5.74, 6) is -0.268. The van der Waals surface area contributed by atoms with E-state index in [4.69, 9.17) is 0 Å². The van der Waals surface area contributed by atoms with Gasteiger partial charge in [0, 0.05) is 41.7 Å². The quantitative estimate of drug-likeness (QED) is 0.407. The molecule has 4 aromatic rings. The van der Waals surface area contributed by atoms with Crippen LogP contribution in [0, 0.1) is 0 Å². The molecule has 180 valence electrons. The summed E-state index contributed by atoms with van der Waals surface area (Å²) in [5.41, 5.74) is 3.84. The number of carbonyl (C=O) groups excluding carboxylic acids is 1. The van der Waals surface area contributed by atoms with Gasteiger partial charge in [0.25, 0.3) is 5.91 Å². The molecule has 0 spiro atoms. The average molecular weight is 508 g/mol. The van der Waals surface area contributed by atoms with Gasteiger partial charge in [-0.3, -0.25) is 9.78 Å². The van der Waals surface area contributed by atoms with Crippen molar-refractivity contribution in [1.82, 2.24) is 14.7 Å². The van der Waals surface area contributed by atoms with E-state index in [2.05, 4.69) is 24.9 Å². The predicted molar refractivity (Wildman–Crippen MR) is 140 cm³/mol. The Labute approximate surface area is 208 Å². The Morgan fingerprint density at radius 2 is 1.89 bits per heavy atom. The summed E-state index contributed by atoms with van der Waals surface area (Å²) in [5, 5.41) is 6.57. The number of nitrogens with zero attached hydrogens (tertiary/aromatic N) is 3. The first kappa shape index (κ1) is 23.4. The van der Waals surface area contributed by atoms with Gasteiger partial charge < -0.3 is 10.2 Å². The molecule has 1 fully saturated rings. The van der Waals surface area contributed by atoms with Crippen molar-refractivity contribution in [1.29, 1.82) is 0 Å². The maximum absolute atomic E-state index is 13.0. The van der Waals surface area contributed by atoms with E-state index >= 15 is 0 Å². The molecule has 0 radical (unpaired) electrons. The molecular weight excluding hydrogens is 482 g/mol. The van der Waals surface area contributed by atoms with E-state index < -0.39 is 10.0 Å². The molecule has 5 rings (SSSR count). The SMILES string of the molecule is CS(=O)(=O)NC1CCN(c2ccccc2NC(=O)c2csc(-c3ccc4ncccc4c3)n2)CC1. The lowest BCUT2D eigenvalue weighted by molar-refractivity contribution is 0.102. The largest absolute Gasteiger partial charge is 0.370 e. The van der Waals surface area contributed by atoms with E-state index in [1.165, 1.54) is 17.6 Å². The minimum absolute atomic E-state index is 0.0673. The Morgan fingerprint density at radius 3 is 2.69 bits per heavy atom. The molecule has 1 aliphatic heterocycles. The smallest absolute Gasteiger partial charge is 0.275 e. The summed E-state index contributed by atoms with van der Waals surface area (Å²) >= 11 is 1.43. The summed E-state index contributed by atoms with van der Waals surface area (Å²) in [6.07, 6.45) is 4.35. The average Bonchev–Trinajstić information content (AvgIpc) is 3.34. The van der Waals surface area contributed by atoms with Crippen LogP contribution < -0.4 is 14.9 Å². The van der Waals surface area contributed by atoms with Crippen LogP contribution >= 0.6 is 11.3 Å². The molecular formula is C25H25N5O3S2. The van der Waals surface area contributed by atoms with Crippen LogP contribution in [0.4, 0.5) is 11.4 Å². The van der Waals surface area contributed by atoms with Crippen molar-refractivity contribution in [3.8, 4) is 10.6 Å². The minimum Gasteiger partial charge on any atom is -0.370 e. The predicted octanol–water partition coefficient (Wildman–Crippen LogP) is 4.13. The van der Waals surface area contributed by atoms with Crippen LogP contribution in [0.2, 0.25) is 0 Å². The van der Waals surface area contributed by atoms with Crippen molar-refractivity contribution < 1.29 is 13.2 Å². The van der Waals surface area contributed by atoms with Gasteiger partial charge in [0.1, 0.15) is 10.7 Å². The number of carbonyl (C=O) groups is 1. The van der Waals surface area contributed by atoms with Crippen LogP contribution in [-0.2, 0) is 10.0 Å². The first-order chi connectivity index (χ1) is 16.9. The highest BCUT2D eigenvalue weighted by molar-refractivity contribution is 7.88. The fourth-order valence-electron chi connectivity index (χ4n) is 4.30. The Morgan fingerprint density at radius 1 is 1.09 bits per heavy atom. The Hall–Kier alpha value is -3.34. The molecule has 1 aliphatic rings. The summed E-state index contributed by atoms with van der Waals surface area (Å²) in [6, 6.07) is 17.4. The van der Waals surface area contributed by atoms with Crippen LogP contribution in [0.3, 0.4) is 0 Å². The maximum atomic E-state index is 13.0. The van der Waals surface area contributed by atoms with Gasteiger partial charge in [-0.15, -0.1) is 11.3 Å². The van der Waals surface area contributed by atoms with Crippen LogP contribution in [0.25, 0.3) is 21.5 Å². The standard InChI is InChI=1S/C25H25N5O3S2/c1-35(32,33)29-19-10-13-30(14-11-19)23-7-3-2-6-21(23)27-24(31)22-16-34-25(28-22)18-8-9-20-17(15-18)5-4-12-26-20/h2-9,12,15-16,19,29H,10-11,13-14H2,1H3,(H,27,31). The molecule has 0 saturated carbocycles. The first-order valence-corrected chi connectivity index (χ1v) is 14.1. The van der Waals surface area contributed by atoms with Gasteiger partial charge in [-0.1, -0.05) is 18.2 Å². The van der Waals surface area contributed by atoms with Gasteiger partial charge in [0.05, 0.1) is 23.1 Å². The molecule has 2 aromatic heterocycles. The second-order valence-electron chi connectivity index (χ2n) is 8.57. The Kier molecular flexibility index (Phi) is 6.50. The van der Waals surface area contributed by atoms with Crippen molar-refractivity contribution in [2.24, 2.45) is 0 Å². The lowest BCUT2D eigenvalue weighted by Gasteiger charge is -2.34. The summed E-state index contributed by atoms with van der Waals surface area (Å²) in [7, 11) is -3.22. The summed E-state index contributed by atoms with van der Waals surface area (Å²) < 4.78 is 25.8. The number of hydrogen-bond acceptors (Lipinski definition) is 7. The van der Waals surface area contributed by atoms with Gasteiger partial charge in [-0.25, -0.2) is 18.1 Å². The molecule has 0 atom stereocenters. The van der Waals surface area contributed by atoms with E-state index in [1.807, 2.05) is 54.6 Å². The number of fused-ring (bicyclic) bond motifs is 1. The number of pyridine rings is 1. The zero-order valence-corrected chi connectivity index (χ0v) is 20.8. The molecule has 2 aromatic carbocycles. The van der Waals surface area contributed by atoms with E-state index in [9.17, 15) is 13.2 Å². The van der Waals surface area contributed by atoms with Crippen molar-refractivity contribution in [2.45, 2.75) is 18.9 Å². The van der Waals surface area contributed by atoms with E-state index in [0.29, 0.717) is 37.3 Å². The second-order valence-corrected chi connectivity index (χ2v) is 11.2. The summed E-state index contributed by atoms with van der Waals surface area (Å²) in [4.78, 5) is 24.1. The van der Waals surface area contributed by atoms with Gasteiger partial charge in [0.15, 0.2) is 0 Å². The van der Waals surface area contributed by atoms with Crippen LogP contribution in [0.5, 0.6) is 0 Å². The molecule has 8 nitrogen and oxygen atoms in total. The third-order valence-electron chi connectivity index (χ3n) is 5.96. The van der Waals surface area contributed by atoms with Crippen molar-refractivity contribution >= 4 is 49.5 Å². The molecule has 10 heteroatoms. The second kappa shape index (κ2) is 9.73. The minimum atomic E-state index is -3.22. The number of piperidine rings is 1. The molecule has 3 heterocycles. The zero-order chi connectivity index (χ0) is 24.4. The monoisotopic (exact) mass is 507 g/mol. The number of thiazole rings is 1. The Bertz CT molecular complexity index is 1480. The molecule has 1 saturated heterocycles. The highest BCUT2D eigenvalue weighted by atomic mass is 32.2. The molecule has 1 amide bonds. The number of sulfonamides is 1. The topological polar surface area (TPSA) is 104 Å². The first-order valence-electron chi connectivity index (χ1n) is 11.3. The van der Waals surface area contributed by atoms with E-state index in [0.717, 1.165) is 27.2 Å². The number of nitrogens with one attached hydrogen (secondary N) is 2. The van der Waals surface area contributed by atoms with Crippen molar-refractivity contribution in [3.05, 3.63) is 71.9 Å². The summed E-state index contributed by atoms with van der Waals surface area (Å²) in [6.45, 7) is 1.38. The fourth-order valence-corrected chi connectivity index (χ4v) is 5.94. The third kappa shape index (κ3) is 5.50. The van der Waals surface area contributed by atoms with Crippen molar-refractivity contribution in [3.63, 3.8) is 0 Å². The van der Waals surface area contributed by atoms with Gasteiger partial charge in [-0.05, 0) is 49.2 Å². The lowest BCUT2D eigenvalue weighted by Crippen LogP contribution is -2.44. The van der Waals surface area contributed by atoms with Gasteiger partial charge >= 0.3 is 0 Å². The number of aromatic nitrogens is 2. The number of hydrogen-bond donors (Lipinski definition) is 2. The molecule has 35 heavy (non-hydrogen) atoms. The third-order valence-corrected chi connectivity index (χ3v) is 7.61. The number of rotatable bonds is 6. The number of amides is 1. The van der Waals surface area contributed by atoms with E-state index in [1.54, 1.807) is 11.6 Å². The molecule has 0 aliphatic carbocycles. The maximum Gasteiger partial charge on any atom is 0.275 e. The van der Waals surface area contributed by atoms with Crippen LogP contribution in [-0.4, -0.2) is 49.7 Å². The molecule has 0 unspecified atom stereocenters.